The number of aromatic nitrogens is 2. The topological polar surface area (TPSA) is 66.9 Å². The number of anilines is 1. The second-order valence-electron chi connectivity index (χ2n) is 5.98. The normalized spacial score (nSPS) is 27.2. The third kappa shape index (κ3) is 4.37. The summed E-state index contributed by atoms with van der Waals surface area (Å²) in [7, 11) is 0. The molecule has 0 radical (unpaired) electrons. The van der Waals surface area contributed by atoms with Crippen molar-refractivity contribution >= 4 is 34.8 Å². The molecule has 3 heterocycles. The van der Waals surface area contributed by atoms with E-state index in [1.54, 1.807) is 0 Å². The standard InChI is InChI=1S/C14H22N4OS.ClH/c1-2-3-13-17-18-14(20-13)16-12(19)8-9-6-10-4-5-11(7-9)15-10;/h9-11,15H,2-8H2,1H3,(H,16,18,19);1H. The van der Waals surface area contributed by atoms with E-state index in [-0.39, 0.29) is 18.3 Å². The average Bonchev–Trinajstić information content (AvgIpc) is 2.97. The van der Waals surface area contributed by atoms with Crippen LogP contribution in [0, 0.1) is 5.92 Å². The van der Waals surface area contributed by atoms with Gasteiger partial charge in [-0.15, -0.1) is 22.6 Å². The van der Waals surface area contributed by atoms with Crippen LogP contribution >= 0.6 is 23.7 Å². The lowest BCUT2D eigenvalue weighted by atomic mass is 9.89. The molecule has 2 bridgehead atoms. The van der Waals surface area contributed by atoms with E-state index < -0.39 is 0 Å². The van der Waals surface area contributed by atoms with E-state index in [4.69, 9.17) is 0 Å². The third-order valence-corrected chi connectivity index (χ3v) is 5.12. The van der Waals surface area contributed by atoms with Crippen molar-refractivity contribution < 1.29 is 4.79 Å². The van der Waals surface area contributed by atoms with Gasteiger partial charge in [-0.3, -0.25) is 4.79 Å². The third-order valence-electron chi connectivity index (χ3n) is 4.22. The van der Waals surface area contributed by atoms with Gasteiger partial charge < -0.3 is 10.6 Å². The predicted molar refractivity (Wildman–Crippen MR) is 87.1 cm³/mol. The second kappa shape index (κ2) is 7.51. The molecule has 1 aromatic heterocycles. The highest BCUT2D eigenvalue weighted by Crippen LogP contribution is 2.32. The van der Waals surface area contributed by atoms with Crippen molar-refractivity contribution in [3.05, 3.63) is 5.01 Å². The predicted octanol–water partition coefficient (Wildman–Crippen LogP) is 2.77. The highest BCUT2D eigenvalue weighted by molar-refractivity contribution is 7.15. The molecule has 0 spiro atoms. The summed E-state index contributed by atoms with van der Waals surface area (Å²) in [5.74, 6) is 0.618. The lowest BCUT2D eigenvalue weighted by Gasteiger charge is -2.28. The maximum Gasteiger partial charge on any atom is 0.226 e. The second-order valence-corrected chi connectivity index (χ2v) is 7.04. The first-order valence-corrected chi connectivity index (χ1v) is 8.43. The number of fused-ring (bicyclic) bond motifs is 2. The molecule has 5 nitrogen and oxygen atoms in total. The highest BCUT2D eigenvalue weighted by Gasteiger charge is 2.34. The van der Waals surface area contributed by atoms with Gasteiger partial charge in [0.15, 0.2) is 0 Å². The molecule has 1 aromatic rings. The number of amides is 1. The molecule has 0 saturated carbocycles. The molecule has 21 heavy (non-hydrogen) atoms. The smallest absolute Gasteiger partial charge is 0.226 e. The Morgan fingerprint density at radius 1 is 1.33 bits per heavy atom. The van der Waals surface area contributed by atoms with Gasteiger partial charge in [0.05, 0.1) is 0 Å². The number of carbonyl (C=O) groups excluding carboxylic acids is 1. The SMILES string of the molecule is CCCc1nnc(NC(=O)CC2CC3CCC(C2)N3)s1.Cl. The van der Waals surface area contributed by atoms with E-state index in [1.165, 1.54) is 24.2 Å². The van der Waals surface area contributed by atoms with Gasteiger partial charge in [-0.1, -0.05) is 18.3 Å². The van der Waals surface area contributed by atoms with Crippen molar-refractivity contribution in [3.63, 3.8) is 0 Å². The van der Waals surface area contributed by atoms with E-state index in [2.05, 4.69) is 27.8 Å². The minimum atomic E-state index is 0. The van der Waals surface area contributed by atoms with E-state index in [1.807, 2.05) is 0 Å². The number of aryl methyl sites for hydroxylation is 1. The van der Waals surface area contributed by atoms with Gasteiger partial charge >= 0.3 is 0 Å². The summed E-state index contributed by atoms with van der Waals surface area (Å²) in [6, 6.07) is 1.29. The van der Waals surface area contributed by atoms with Crippen LogP contribution in [0.15, 0.2) is 0 Å². The molecule has 0 aromatic carbocycles. The Balaban J connectivity index is 0.00000161. The number of hydrogen-bond donors (Lipinski definition) is 2. The molecular weight excluding hydrogens is 308 g/mol. The zero-order valence-corrected chi connectivity index (χ0v) is 13.9. The van der Waals surface area contributed by atoms with Gasteiger partial charge in [0.25, 0.3) is 0 Å². The van der Waals surface area contributed by atoms with Crippen molar-refractivity contribution in [1.29, 1.82) is 0 Å². The largest absolute Gasteiger partial charge is 0.311 e. The van der Waals surface area contributed by atoms with Crippen molar-refractivity contribution in [2.45, 2.75) is 64.0 Å². The maximum atomic E-state index is 12.1. The molecule has 7 heteroatoms. The van der Waals surface area contributed by atoms with Gasteiger partial charge in [0.2, 0.25) is 11.0 Å². The summed E-state index contributed by atoms with van der Waals surface area (Å²) < 4.78 is 0. The summed E-state index contributed by atoms with van der Waals surface area (Å²) in [6.07, 6.45) is 7.45. The fraction of sp³-hybridized carbons (Fsp3) is 0.786. The summed E-state index contributed by atoms with van der Waals surface area (Å²) in [4.78, 5) is 12.1. The number of carbonyl (C=O) groups is 1. The van der Waals surface area contributed by atoms with E-state index in [0.717, 1.165) is 30.7 Å². The van der Waals surface area contributed by atoms with Gasteiger partial charge in [-0.2, -0.15) is 0 Å². The van der Waals surface area contributed by atoms with Gasteiger partial charge in [0, 0.05) is 24.9 Å². The van der Waals surface area contributed by atoms with Gasteiger partial charge in [0.1, 0.15) is 5.01 Å². The molecule has 118 valence electrons. The fourth-order valence-corrected chi connectivity index (χ4v) is 4.25. The van der Waals surface area contributed by atoms with Crippen LogP contribution in [0.4, 0.5) is 5.13 Å². The van der Waals surface area contributed by atoms with Crippen molar-refractivity contribution in [3.8, 4) is 0 Å². The minimum Gasteiger partial charge on any atom is -0.311 e. The first-order chi connectivity index (χ1) is 9.72. The summed E-state index contributed by atoms with van der Waals surface area (Å²) in [6.45, 7) is 2.12. The molecule has 2 fully saturated rings. The molecule has 0 aliphatic carbocycles. The van der Waals surface area contributed by atoms with Crippen molar-refractivity contribution in [2.24, 2.45) is 5.92 Å². The first-order valence-electron chi connectivity index (χ1n) is 7.61. The van der Waals surface area contributed by atoms with Crippen molar-refractivity contribution in [1.82, 2.24) is 15.5 Å². The first kappa shape index (κ1) is 16.6. The molecule has 2 saturated heterocycles. The van der Waals surface area contributed by atoms with Crippen LogP contribution in [0.1, 0.15) is 50.5 Å². The summed E-state index contributed by atoms with van der Waals surface area (Å²) in [5, 5.41) is 16.3. The Hall–Kier alpha value is -0.720. The van der Waals surface area contributed by atoms with Crippen LogP contribution in [0.25, 0.3) is 0 Å². The molecule has 1 amide bonds. The lowest BCUT2D eigenvalue weighted by Crippen LogP contribution is -2.39. The van der Waals surface area contributed by atoms with E-state index in [9.17, 15) is 4.79 Å². The molecule has 3 rings (SSSR count). The van der Waals surface area contributed by atoms with Crippen molar-refractivity contribution in [2.75, 3.05) is 5.32 Å². The van der Waals surface area contributed by atoms with Crippen LogP contribution in [0.2, 0.25) is 0 Å². The molecular formula is C14H23ClN4OS. The zero-order valence-electron chi connectivity index (χ0n) is 12.3. The Morgan fingerprint density at radius 3 is 2.71 bits per heavy atom. The van der Waals surface area contributed by atoms with Gasteiger partial charge in [-0.05, 0) is 38.0 Å². The molecule has 2 aliphatic heterocycles. The van der Waals surface area contributed by atoms with Crippen LogP contribution in [0.5, 0.6) is 0 Å². The Labute approximate surface area is 135 Å². The minimum absolute atomic E-state index is 0. The lowest BCUT2D eigenvalue weighted by molar-refractivity contribution is -0.117. The molecule has 2 aliphatic rings. The number of nitrogens with zero attached hydrogens (tertiary/aromatic N) is 2. The number of halogens is 1. The number of nitrogens with one attached hydrogen (secondary N) is 2. The highest BCUT2D eigenvalue weighted by atomic mass is 35.5. The number of hydrogen-bond acceptors (Lipinski definition) is 5. The van der Waals surface area contributed by atoms with Crippen LogP contribution in [-0.4, -0.2) is 28.2 Å². The van der Waals surface area contributed by atoms with Crippen LogP contribution in [-0.2, 0) is 11.2 Å². The van der Waals surface area contributed by atoms with E-state index >= 15 is 0 Å². The monoisotopic (exact) mass is 330 g/mol. The number of piperidine rings is 1. The Bertz CT molecular complexity index is 469. The summed E-state index contributed by atoms with van der Waals surface area (Å²) in [5.41, 5.74) is 0. The number of rotatable bonds is 5. The summed E-state index contributed by atoms with van der Waals surface area (Å²) >= 11 is 1.49. The molecule has 2 atom stereocenters. The molecule has 2 unspecified atom stereocenters. The van der Waals surface area contributed by atoms with Gasteiger partial charge in [-0.25, -0.2) is 0 Å². The Morgan fingerprint density at radius 2 is 2.05 bits per heavy atom. The maximum absolute atomic E-state index is 12.1. The Kier molecular flexibility index (Phi) is 5.96. The van der Waals surface area contributed by atoms with E-state index in [0.29, 0.717) is 29.6 Å². The fourth-order valence-electron chi connectivity index (χ4n) is 3.39. The molecule has 2 N–H and O–H groups in total. The quantitative estimate of drug-likeness (QED) is 0.871. The van der Waals surface area contributed by atoms with Crippen LogP contribution in [0.3, 0.4) is 0 Å². The zero-order chi connectivity index (χ0) is 13.9. The van der Waals surface area contributed by atoms with Crippen LogP contribution < -0.4 is 10.6 Å². The average molecular weight is 331 g/mol.